The molecular formula is C21H22FN3O. The molecule has 2 aromatic carbocycles. The fourth-order valence-corrected chi connectivity index (χ4v) is 3.58. The van der Waals surface area contributed by atoms with E-state index >= 15 is 0 Å². The molecule has 2 aliphatic rings. The van der Waals surface area contributed by atoms with Gasteiger partial charge in [0.15, 0.2) is 0 Å². The van der Waals surface area contributed by atoms with Gasteiger partial charge in [-0.25, -0.2) is 4.39 Å². The van der Waals surface area contributed by atoms with Gasteiger partial charge in [-0.1, -0.05) is 24.6 Å². The third-order valence-corrected chi connectivity index (χ3v) is 4.97. The maximum atomic E-state index is 14.1. The molecule has 1 fully saturated rings. The first-order valence-electron chi connectivity index (χ1n) is 9.09. The normalized spacial score (nSPS) is 18.7. The van der Waals surface area contributed by atoms with Crippen molar-refractivity contribution in [3.05, 3.63) is 65.6 Å². The molecule has 4 nitrogen and oxygen atoms in total. The average Bonchev–Trinajstić information content (AvgIpc) is 2.98. The highest BCUT2D eigenvalue weighted by Gasteiger charge is 2.27. The van der Waals surface area contributed by atoms with Crippen molar-refractivity contribution in [2.75, 3.05) is 23.7 Å². The molecule has 5 heteroatoms. The highest BCUT2D eigenvalue weighted by atomic mass is 19.1. The predicted molar refractivity (Wildman–Crippen MR) is 102 cm³/mol. The van der Waals surface area contributed by atoms with Crippen LogP contribution in [-0.4, -0.2) is 23.9 Å². The summed E-state index contributed by atoms with van der Waals surface area (Å²) in [4.78, 5) is 14.6. The Kier molecular flexibility index (Phi) is 4.71. The third kappa shape index (κ3) is 3.48. The number of piperidine rings is 1. The SMILES string of the molecule is O=C1Nc2cccc(F)c2C1=CNc1ccc(CN2CCCCC2)cc1. The molecule has 0 aliphatic carbocycles. The average molecular weight is 351 g/mol. The first-order valence-corrected chi connectivity index (χ1v) is 9.09. The number of likely N-dealkylation sites (tertiary alicyclic amines) is 1. The van der Waals surface area contributed by atoms with E-state index in [0.717, 1.165) is 12.2 Å². The second kappa shape index (κ2) is 7.30. The standard InChI is InChI=1S/C21H22FN3O/c22-18-5-4-6-19-20(18)17(21(26)24-19)13-23-16-9-7-15(8-10-16)14-25-11-2-1-3-12-25/h4-10,13,23H,1-3,11-12,14H2,(H,24,26). The Hall–Kier alpha value is -2.66. The van der Waals surface area contributed by atoms with Gasteiger partial charge in [0.25, 0.3) is 5.91 Å². The molecule has 0 aromatic heterocycles. The summed E-state index contributed by atoms with van der Waals surface area (Å²) in [5.41, 5.74) is 3.31. The van der Waals surface area contributed by atoms with Crippen LogP contribution in [0.4, 0.5) is 15.8 Å². The van der Waals surface area contributed by atoms with Gasteiger partial charge in [-0.15, -0.1) is 0 Å². The van der Waals surface area contributed by atoms with Crippen molar-refractivity contribution in [3.63, 3.8) is 0 Å². The number of carbonyl (C=O) groups excluding carboxylic acids is 1. The zero-order valence-electron chi connectivity index (χ0n) is 14.6. The van der Waals surface area contributed by atoms with Crippen molar-refractivity contribution in [2.45, 2.75) is 25.8 Å². The van der Waals surface area contributed by atoms with Gasteiger partial charge in [-0.05, 0) is 55.8 Å². The number of nitrogens with one attached hydrogen (secondary N) is 2. The van der Waals surface area contributed by atoms with E-state index in [9.17, 15) is 9.18 Å². The highest BCUT2D eigenvalue weighted by molar-refractivity contribution is 6.31. The van der Waals surface area contributed by atoms with E-state index in [1.165, 1.54) is 44.0 Å². The number of anilines is 2. The van der Waals surface area contributed by atoms with Gasteiger partial charge in [-0.3, -0.25) is 9.69 Å². The Morgan fingerprint density at radius 3 is 2.62 bits per heavy atom. The second-order valence-corrected chi connectivity index (χ2v) is 6.85. The van der Waals surface area contributed by atoms with Crippen LogP contribution in [0.2, 0.25) is 0 Å². The van der Waals surface area contributed by atoms with E-state index in [1.807, 2.05) is 12.1 Å². The summed E-state index contributed by atoms with van der Waals surface area (Å²) in [6.07, 6.45) is 5.48. The summed E-state index contributed by atoms with van der Waals surface area (Å²) in [6.45, 7) is 3.32. The Bertz CT molecular complexity index is 839. The van der Waals surface area contributed by atoms with Crippen molar-refractivity contribution in [1.29, 1.82) is 0 Å². The van der Waals surface area contributed by atoms with Crippen molar-refractivity contribution >= 4 is 22.9 Å². The number of hydrogen-bond acceptors (Lipinski definition) is 3. The lowest BCUT2D eigenvalue weighted by molar-refractivity contribution is -0.110. The van der Waals surface area contributed by atoms with Crippen LogP contribution in [0.1, 0.15) is 30.4 Å². The Morgan fingerprint density at radius 1 is 1.08 bits per heavy atom. The molecular weight excluding hydrogens is 329 g/mol. The number of fused-ring (bicyclic) bond motifs is 1. The van der Waals surface area contributed by atoms with Crippen LogP contribution in [0, 0.1) is 5.82 Å². The molecule has 0 bridgehead atoms. The summed E-state index contributed by atoms with van der Waals surface area (Å²) >= 11 is 0. The number of benzene rings is 2. The monoisotopic (exact) mass is 351 g/mol. The summed E-state index contributed by atoms with van der Waals surface area (Å²) in [7, 11) is 0. The van der Waals surface area contributed by atoms with Gasteiger partial charge >= 0.3 is 0 Å². The molecule has 1 amide bonds. The van der Waals surface area contributed by atoms with Gasteiger partial charge < -0.3 is 10.6 Å². The van der Waals surface area contributed by atoms with Crippen LogP contribution in [0.5, 0.6) is 0 Å². The largest absolute Gasteiger partial charge is 0.361 e. The van der Waals surface area contributed by atoms with Crippen LogP contribution in [0.25, 0.3) is 5.57 Å². The van der Waals surface area contributed by atoms with Crippen molar-refractivity contribution < 1.29 is 9.18 Å². The lowest BCUT2D eigenvalue weighted by Crippen LogP contribution is -2.29. The number of carbonyl (C=O) groups is 1. The van der Waals surface area contributed by atoms with E-state index in [-0.39, 0.29) is 5.91 Å². The molecule has 2 N–H and O–H groups in total. The zero-order chi connectivity index (χ0) is 17.9. The summed E-state index contributed by atoms with van der Waals surface area (Å²) in [5.74, 6) is -0.690. The van der Waals surface area contributed by atoms with Gasteiger partial charge in [-0.2, -0.15) is 0 Å². The molecule has 0 saturated carbocycles. The van der Waals surface area contributed by atoms with Crippen molar-refractivity contribution in [1.82, 2.24) is 4.90 Å². The number of halogens is 1. The summed E-state index contributed by atoms with van der Waals surface area (Å²) < 4.78 is 14.1. The zero-order valence-corrected chi connectivity index (χ0v) is 14.6. The minimum atomic E-state index is -0.397. The van der Waals surface area contributed by atoms with Crippen molar-refractivity contribution in [3.8, 4) is 0 Å². The minimum absolute atomic E-state index is 0.292. The predicted octanol–water partition coefficient (Wildman–Crippen LogP) is 4.22. The number of rotatable bonds is 4. The fraction of sp³-hybridized carbons (Fsp3) is 0.286. The lowest BCUT2D eigenvalue weighted by atomic mass is 10.1. The highest BCUT2D eigenvalue weighted by Crippen LogP contribution is 2.33. The van der Waals surface area contributed by atoms with Crippen LogP contribution in [0.3, 0.4) is 0 Å². The molecule has 4 rings (SSSR count). The van der Waals surface area contributed by atoms with Gasteiger partial charge in [0.1, 0.15) is 5.82 Å². The number of hydrogen-bond donors (Lipinski definition) is 2. The van der Waals surface area contributed by atoms with Crippen LogP contribution < -0.4 is 10.6 Å². The van der Waals surface area contributed by atoms with Crippen LogP contribution in [-0.2, 0) is 11.3 Å². The van der Waals surface area contributed by atoms with E-state index in [4.69, 9.17) is 0 Å². The first kappa shape index (κ1) is 16.8. The molecule has 0 atom stereocenters. The van der Waals surface area contributed by atoms with E-state index in [0.29, 0.717) is 16.8 Å². The molecule has 2 aliphatic heterocycles. The molecule has 1 saturated heterocycles. The smallest absolute Gasteiger partial charge is 0.257 e. The first-order chi connectivity index (χ1) is 12.7. The number of amides is 1. The third-order valence-electron chi connectivity index (χ3n) is 4.97. The fourth-order valence-electron chi connectivity index (χ4n) is 3.58. The minimum Gasteiger partial charge on any atom is -0.361 e. The van der Waals surface area contributed by atoms with E-state index < -0.39 is 5.82 Å². The van der Waals surface area contributed by atoms with Gasteiger partial charge in [0.05, 0.1) is 11.3 Å². The Morgan fingerprint density at radius 2 is 1.85 bits per heavy atom. The Labute approximate surface area is 152 Å². The Balaban J connectivity index is 1.45. The maximum absolute atomic E-state index is 14.1. The molecule has 2 heterocycles. The molecule has 0 spiro atoms. The topological polar surface area (TPSA) is 44.4 Å². The molecule has 0 radical (unpaired) electrons. The van der Waals surface area contributed by atoms with Crippen LogP contribution in [0.15, 0.2) is 48.7 Å². The molecule has 134 valence electrons. The lowest BCUT2D eigenvalue weighted by Gasteiger charge is -2.26. The summed E-state index contributed by atoms with van der Waals surface area (Å²) in [6, 6.07) is 12.8. The van der Waals surface area contributed by atoms with E-state index in [1.54, 1.807) is 18.3 Å². The maximum Gasteiger partial charge on any atom is 0.257 e. The van der Waals surface area contributed by atoms with Crippen LogP contribution >= 0.6 is 0 Å². The van der Waals surface area contributed by atoms with Crippen molar-refractivity contribution in [2.24, 2.45) is 0 Å². The van der Waals surface area contributed by atoms with Gasteiger partial charge in [0, 0.05) is 24.0 Å². The molecule has 26 heavy (non-hydrogen) atoms. The summed E-state index contributed by atoms with van der Waals surface area (Å²) in [5, 5.41) is 5.80. The van der Waals surface area contributed by atoms with E-state index in [2.05, 4.69) is 27.7 Å². The number of nitrogens with zero attached hydrogens (tertiary/aromatic N) is 1. The van der Waals surface area contributed by atoms with Gasteiger partial charge in [0.2, 0.25) is 0 Å². The molecule has 2 aromatic rings. The molecule has 0 unspecified atom stereocenters. The second-order valence-electron chi connectivity index (χ2n) is 6.85. The quantitative estimate of drug-likeness (QED) is 0.811.